The maximum Gasteiger partial charge on any atom is 0.0316 e. The van der Waals surface area contributed by atoms with Gasteiger partial charge in [0.25, 0.3) is 0 Å². The van der Waals surface area contributed by atoms with Gasteiger partial charge in [-0.15, -0.1) is 0 Å². The zero-order valence-electron chi connectivity index (χ0n) is 38.5. The monoisotopic (exact) mass is 799 g/mol. The van der Waals surface area contributed by atoms with Crippen molar-refractivity contribution >= 4 is 11.4 Å². The fraction of sp³-hybridized carbons (Fsp3) is 0.579. The van der Waals surface area contributed by atoms with E-state index in [2.05, 4.69) is 113 Å². The Morgan fingerprint density at radius 2 is 0.661 bits per heavy atom. The number of rotatable bonds is 32. The van der Waals surface area contributed by atoms with Crippen LogP contribution in [0.5, 0.6) is 0 Å². The molecule has 0 radical (unpaired) electrons. The minimum absolute atomic E-state index is 0.466. The minimum atomic E-state index is 0.466. The van der Waals surface area contributed by atoms with Gasteiger partial charge < -0.3 is 11.5 Å². The number of anilines is 2. The maximum atomic E-state index is 6.10. The van der Waals surface area contributed by atoms with E-state index in [9.17, 15) is 0 Å². The molecule has 0 bridgehead atoms. The Labute approximate surface area is 363 Å². The summed E-state index contributed by atoms with van der Waals surface area (Å²) in [6.07, 6.45) is 36.3. The van der Waals surface area contributed by atoms with Crippen molar-refractivity contribution in [3.8, 4) is 0 Å². The fourth-order valence-electron chi connectivity index (χ4n) is 9.52. The highest BCUT2D eigenvalue weighted by atomic mass is 14.5. The van der Waals surface area contributed by atoms with Crippen LogP contribution in [0, 0.1) is 13.8 Å². The number of unbranched alkanes of at least 4 members (excludes halogenated alkanes) is 20. The molecule has 0 heterocycles. The van der Waals surface area contributed by atoms with Gasteiger partial charge in [-0.1, -0.05) is 209 Å². The van der Waals surface area contributed by atoms with E-state index in [1.54, 1.807) is 0 Å². The van der Waals surface area contributed by atoms with Crippen molar-refractivity contribution in [2.24, 2.45) is 0 Å². The van der Waals surface area contributed by atoms with Crippen molar-refractivity contribution in [1.29, 1.82) is 0 Å². The molecule has 2 unspecified atom stereocenters. The summed E-state index contributed by atoms with van der Waals surface area (Å²) >= 11 is 0. The zero-order chi connectivity index (χ0) is 41.9. The highest BCUT2D eigenvalue weighted by Gasteiger charge is 2.18. The van der Waals surface area contributed by atoms with E-state index in [-0.39, 0.29) is 0 Å². The van der Waals surface area contributed by atoms with Gasteiger partial charge in [0.1, 0.15) is 0 Å². The van der Waals surface area contributed by atoms with E-state index in [4.69, 9.17) is 11.5 Å². The molecule has 4 aromatic rings. The third-order valence-electron chi connectivity index (χ3n) is 13.2. The SMILES string of the molecule is CCCCCCC(c1ccc(CCCCCCCCCCCCCCCCCc2ccc(C(CCCCCC)c3ccc(N)cc3C)cc2)cc1)c1ccc(N)cc1C. The highest BCUT2D eigenvalue weighted by Crippen LogP contribution is 2.35. The van der Waals surface area contributed by atoms with E-state index in [0.717, 1.165) is 11.4 Å². The largest absolute Gasteiger partial charge is 0.399 e. The first kappa shape index (κ1) is 48.1. The maximum absolute atomic E-state index is 6.10. The molecule has 2 heteroatoms. The van der Waals surface area contributed by atoms with Gasteiger partial charge in [0, 0.05) is 23.2 Å². The summed E-state index contributed by atoms with van der Waals surface area (Å²) in [5.74, 6) is 0.932. The number of nitrogens with two attached hydrogens (primary N) is 2. The van der Waals surface area contributed by atoms with E-state index >= 15 is 0 Å². The average Bonchev–Trinajstić information content (AvgIpc) is 3.23. The molecular weight excluding hydrogens is 713 g/mol. The smallest absolute Gasteiger partial charge is 0.0316 e. The van der Waals surface area contributed by atoms with Crippen LogP contribution in [-0.4, -0.2) is 0 Å². The third kappa shape index (κ3) is 18.3. The molecule has 0 saturated heterocycles. The molecule has 0 aromatic heterocycles. The molecule has 59 heavy (non-hydrogen) atoms. The lowest BCUT2D eigenvalue weighted by Crippen LogP contribution is -2.05. The van der Waals surface area contributed by atoms with E-state index < -0.39 is 0 Å². The Balaban J connectivity index is 0.988. The molecule has 0 spiro atoms. The molecule has 4 aromatic carbocycles. The number of benzene rings is 4. The fourth-order valence-corrected chi connectivity index (χ4v) is 9.52. The van der Waals surface area contributed by atoms with Gasteiger partial charge in [-0.2, -0.15) is 0 Å². The second-order valence-corrected chi connectivity index (χ2v) is 18.3. The zero-order valence-corrected chi connectivity index (χ0v) is 38.5. The van der Waals surface area contributed by atoms with Crippen molar-refractivity contribution in [1.82, 2.24) is 0 Å². The van der Waals surface area contributed by atoms with Crippen molar-refractivity contribution in [2.75, 3.05) is 11.5 Å². The van der Waals surface area contributed by atoms with Crippen molar-refractivity contribution in [2.45, 2.75) is 213 Å². The molecule has 0 aliphatic rings. The number of nitrogen functional groups attached to an aromatic ring is 2. The van der Waals surface area contributed by atoms with Crippen molar-refractivity contribution in [3.63, 3.8) is 0 Å². The van der Waals surface area contributed by atoms with Gasteiger partial charge in [0.2, 0.25) is 0 Å². The van der Waals surface area contributed by atoms with E-state index in [1.165, 1.54) is 218 Å². The first-order valence-corrected chi connectivity index (χ1v) is 24.8. The van der Waals surface area contributed by atoms with Gasteiger partial charge in [-0.05, 0) is 121 Å². The van der Waals surface area contributed by atoms with Gasteiger partial charge in [0.15, 0.2) is 0 Å². The van der Waals surface area contributed by atoms with Crippen molar-refractivity contribution in [3.05, 3.63) is 129 Å². The third-order valence-corrected chi connectivity index (χ3v) is 13.2. The van der Waals surface area contributed by atoms with Crippen LogP contribution in [-0.2, 0) is 12.8 Å². The van der Waals surface area contributed by atoms with Crippen LogP contribution in [0.4, 0.5) is 11.4 Å². The molecule has 4 N–H and O–H groups in total. The molecule has 2 nitrogen and oxygen atoms in total. The summed E-state index contributed by atoms with van der Waals surface area (Å²) < 4.78 is 0. The number of hydrogen-bond donors (Lipinski definition) is 2. The normalized spacial score (nSPS) is 12.5. The standard InChI is InChI=1S/C57H86N2/c1-5-7-9-26-30-56(54-42-40-52(58)44-46(54)3)50-36-32-48(33-37-50)28-24-22-20-18-16-14-12-11-13-15-17-19-21-23-25-29-49-34-38-51(39-35-49)57(31-27-10-8-6-2)55-43-41-53(59)45-47(55)4/h32-45,56-57H,5-31,58-59H2,1-4H3. The first-order chi connectivity index (χ1) is 28.9. The summed E-state index contributed by atoms with van der Waals surface area (Å²) in [5, 5.41) is 0. The molecule has 4 rings (SSSR count). The molecule has 0 fully saturated rings. The predicted molar refractivity (Wildman–Crippen MR) is 262 cm³/mol. The first-order valence-electron chi connectivity index (χ1n) is 24.8. The molecule has 0 saturated carbocycles. The highest BCUT2D eigenvalue weighted by molar-refractivity contribution is 5.49. The van der Waals surface area contributed by atoms with Gasteiger partial charge >= 0.3 is 0 Å². The van der Waals surface area contributed by atoms with Crippen LogP contribution >= 0.6 is 0 Å². The predicted octanol–water partition coefficient (Wildman–Crippen LogP) is 17.3. The Hall–Kier alpha value is -3.52. The lowest BCUT2D eigenvalue weighted by atomic mass is 9.84. The quantitative estimate of drug-likeness (QED) is 0.0382. The lowest BCUT2D eigenvalue weighted by molar-refractivity contribution is 0.530. The molecule has 0 amide bonds. The minimum Gasteiger partial charge on any atom is -0.399 e. The topological polar surface area (TPSA) is 52.0 Å². The summed E-state index contributed by atoms with van der Waals surface area (Å²) in [6.45, 7) is 9.03. The molecule has 2 atom stereocenters. The lowest BCUT2D eigenvalue weighted by Gasteiger charge is -2.21. The van der Waals surface area contributed by atoms with Crippen LogP contribution in [0.1, 0.15) is 231 Å². The summed E-state index contributed by atoms with van der Waals surface area (Å²) in [6, 6.07) is 32.2. The Morgan fingerprint density at radius 1 is 0.356 bits per heavy atom. The Bertz CT molecular complexity index is 1540. The van der Waals surface area contributed by atoms with Crippen molar-refractivity contribution < 1.29 is 0 Å². The molecule has 0 aliphatic carbocycles. The Kier molecular flexibility index (Phi) is 23.6. The molecule has 324 valence electrons. The van der Waals surface area contributed by atoms with E-state index in [0.29, 0.717) is 11.8 Å². The number of aryl methyl sites for hydroxylation is 4. The van der Waals surface area contributed by atoms with Gasteiger partial charge in [-0.3, -0.25) is 0 Å². The van der Waals surface area contributed by atoms with Crippen LogP contribution in [0.15, 0.2) is 84.9 Å². The number of hydrogen-bond acceptors (Lipinski definition) is 2. The summed E-state index contributed by atoms with van der Waals surface area (Å²) in [7, 11) is 0. The Morgan fingerprint density at radius 3 is 0.966 bits per heavy atom. The second kappa shape index (κ2) is 28.9. The van der Waals surface area contributed by atoms with Crippen LogP contribution in [0.3, 0.4) is 0 Å². The summed E-state index contributed by atoms with van der Waals surface area (Å²) in [5.41, 5.74) is 25.4. The summed E-state index contributed by atoms with van der Waals surface area (Å²) in [4.78, 5) is 0. The molecule has 0 aliphatic heterocycles. The van der Waals surface area contributed by atoms with Gasteiger partial charge in [0.05, 0.1) is 0 Å². The second-order valence-electron chi connectivity index (χ2n) is 18.3. The van der Waals surface area contributed by atoms with Crippen LogP contribution in [0.2, 0.25) is 0 Å². The van der Waals surface area contributed by atoms with E-state index in [1.807, 2.05) is 0 Å². The van der Waals surface area contributed by atoms with Gasteiger partial charge in [-0.25, -0.2) is 0 Å². The molecular formula is C57H86N2. The van der Waals surface area contributed by atoms with Crippen LogP contribution in [0.25, 0.3) is 0 Å². The van der Waals surface area contributed by atoms with Crippen LogP contribution < -0.4 is 11.5 Å². The average molecular weight is 799 g/mol.